The fraction of sp³-hybridized carbons (Fsp3) is 0.615. The van der Waals surface area contributed by atoms with Crippen LogP contribution >= 0.6 is 11.6 Å². The van der Waals surface area contributed by atoms with E-state index in [1.54, 1.807) is 12.3 Å². The second kappa shape index (κ2) is 4.73. The Kier molecular flexibility index (Phi) is 3.48. The number of pyridine rings is 1. The van der Waals surface area contributed by atoms with Gasteiger partial charge in [0.1, 0.15) is 5.82 Å². The van der Waals surface area contributed by atoms with Crippen molar-refractivity contribution in [1.82, 2.24) is 4.98 Å². The van der Waals surface area contributed by atoms with E-state index >= 15 is 0 Å². The fourth-order valence-corrected chi connectivity index (χ4v) is 2.48. The lowest BCUT2D eigenvalue weighted by Gasteiger charge is -2.34. The molecule has 1 aromatic heterocycles. The van der Waals surface area contributed by atoms with Crippen LogP contribution in [-0.4, -0.2) is 11.0 Å². The van der Waals surface area contributed by atoms with E-state index in [0.29, 0.717) is 22.2 Å². The van der Waals surface area contributed by atoms with Crippen LogP contribution < -0.4 is 11.1 Å². The molecule has 0 aromatic carbocycles. The van der Waals surface area contributed by atoms with Crippen molar-refractivity contribution < 1.29 is 0 Å². The molecule has 3 N–H and O–H groups in total. The van der Waals surface area contributed by atoms with Crippen molar-refractivity contribution in [2.75, 3.05) is 11.1 Å². The standard InChI is InChI=1S/C13H20ClN3/c1-13(2)5-3-10(4-6-13)17-12-11(15)7-9(14)8-16-12/h7-8,10H,3-6,15H2,1-2H3,(H,16,17). The number of rotatable bonds is 2. The first kappa shape index (κ1) is 12.5. The molecule has 1 saturated carbocycles. The Morgan fingerprint density at radius 3 is 2.65 bits per heavy atom. The first-order valence-electron chi connectivity index (χ1n) is 6.14. The van der Waals surface area contributed by atoms with Crippen LogP contribution in [0, 0.1) is 5.41 Å². The van der Waals surface area contributed by atoms with E-state index in [0.717, 1.165) is 5.82 Å². The van der Waals surface area contributed by atoms with Gasteiger partial charge in [-0.1, -0.05) is 25.4 Å². The number of aromatic nitrogens is 1. The highest BCUT2D eigenvalue weighted by Gasteiger charge is 2.27. The maximum absolute atomic E-state index is 5.88. The molecule has 2 rings (SSSR count). The second-order valence-corrected chi connectivity index (χ2v) is 6.11. The highest BCUT2D eigenvalue weighted by atomic mass is 35.5. The summed E-state index contributed by atoms with van der Waals surface area (Å²) in [5.41, 5.74) is 6.99. The van der Waals surface area contributed by atoms with Crippen molar-refractivity contribution in [1.29, 1.82) is 0 Å². The summed E-state index contributed by atoms with van der Waals surface area (Å²) in [5.74, 6) is 0.763. The Hall–Kier alpha value is -0.960. The third kappa shape index (κ3) is 3.25. The van der Waals surface area contributed by atoms with Crippen LogP contribution in [0.4, 0.5) is 11.5 Å². The van der Waals surface area contributed by atoms with Gasteiger partial charge in [0.15, 0.2) is 0 Å². The molecule has 0 bridgehead atoms. The minimum atomic E-state index is 0.483. The molecule has 17 heavy (non-hydrogen) atoms. The molecule has 1 fully saturated rings. The van der Waals surface area contributed by atoms with Gasteiger partial charge in [0.2, 0.25) is 0 Å². The average Bonchev–Trinajstić information content (AvgIpc) is 2.25. The molecule has 4 heteroatoms. The minimum absolute atomic E-state index is 0.483. The van der Waals surface area contributed by atoms with E-state index in [1.165, 1.54) is 25.7 Å². The largest absolute Gasteiger partial charge is 0.396 e. The van der Waals surface area contributed by atoms with Gasteiger partial charge in [-0.05, 0) is 37.2 Å². The zero-order chi connectivity index (χ0) is 12.5. The van der Waals surface area contributed by atoms with Crippen LogP contribution in [0.15, 0.2) is 12.3 Å². The Morgan fingerprint density at radius 1 is 1.41 bits per heavy atom. The quantitative estimate of drug-likeness (QED) is 0.845. The first-order valence-corrected chi connectivity index (χ1v) is 6.52. The summed E-state index contributed by atoms with van der Waals surface area (Å²) in [7, 11) is 0. The summed E-state index contributed by atoms with van der Waals surface area (Å²) in [4.78, 5) is 4.24. The summed E-state index contributed by atoms with van der Waals surface area (Å²) in [6, 6.07) is 2.22. The van der Waals surface area contributed by atoms with Gasteiger partial charge in [-0.2, -0.15) is 0 Å². The van der Waals surface area contributed by atoms with Gasteiger partial charge in [0.25, 0.3) is 0 Å². The van der Waals surface area contributed by atoms with Gasteiger partial charge in [-0.15, -0.1) is 0 Å². The molecule has 0 aliphatic heterocycles. The molecule has 0 amide bonds. The van der Waals surface area contributed by atoms with Crippen LogP contribution in [0.1, 0.15) is 39.5 Å². The molecule has 0 unspecified atom stereocenters. The van der Waals surface area contributed by atoms with E-state index in [4.69, 9.17) is 17.3 Å². The predicted molar refractivity (Wildman–Crippen MR) is 73.3 cm³/mol. The zero-order valence-electron chi connectivity index (χ0n) is 10.5. The molecule has 1 aliphatic rings. The SMILES string of the molecule is CC1(C)CCC(Nc2ncc(Cl)cc2N)CC1. The molecule has 0 saturated heterocycles. The van der Waals surface area contributed by atoms with E-state index in [9.17, 15) is 0 Å². The van der Waals surface area contributed by atoms with Crippen molar-refractivity contribution in [2.45, 2.75) is 45.6 Å². The molecule has 3 nitrogen and oxygen atoms in total. The lowest BCUT2D eigenvalue weighted by atomic mass is 9.75. The van der Waals surface area contributed by atoms with Crippen LogP contribution in [0.2, 0.25) is 5.02 Å². The lowest BCUT2D eigenvalue weighted by Crippen LogP contribution is -2.30. The number of hydrogen-bond donors (Lipinski definition) is 2. The maximum Gasteiger partial charge on any atom is 0.149 e. The van der Waals surface area contributed by atoms with Crippen molar-refractivity contribution >= 4 is 23.1 Å². The van der Waals surface area contributed by atoms with E-state index < -0.39 is 0 Å². The number of nitrogens with one attached hydrogen (secondary N) is 1. The predicted octanol–water partition coefficient (Wildman–Crippen LogP) is 3.70. The topological polar surface area (TPSA) is 50.9 Å². The smallest absolute Gasteiger partial charge is 0.149 e. The van der Waals surface area contributed by atoms with Gasteiger partial charge >= 0.3 is 0 Å². The summed E-state index contributed by atoms with van der Waals surface area (Å²) in [5, 5.41) is 4.00. The summed E-state index contributed by atoms with van der Waals surface area (Å²) < 4.78 is 0. The number of anilines is 2. The number of nitrogens with two attached hydrogens (primary N) is 1. The Bertz CT molecular complexity index is 394. The minimum Gasteiger partial charge on any atom is -0.396 e. The van der Waals surface area contributed by atoms with Gasteiger partial charge in [-0.3, -0.25) is 0 Å². The molecular formula is C13H20ClN3. The highest BCUT2D eigenvalue weighted by molar-refractivity contribution is 6.30. The summed E-state index contributed by atoms with van der Waals surface area (Å²) in [6.45, 7) is 4.66. The van der Waals surface area contributed by atoms with Gasteiger partial charge in [0.05, 0.1) is 10.7 Å². The van der Waals surface area contributed by atoms with E-state index in [2.05, 4.69) is 24.1 Å². The average molecular weight is 254 g/mol. The third-order valence-electron chi connectivity index (χ3n) is 3.56. The van der Waals surface area contributed by atoms with E-state index in [1.807, 2.05) is 0 Å². The molecule has 0 atom stereocenters. The Labute approximate surface area is 108 Å². The monoisotopic (exact) mass is 253 g/mol. The van der Waals surface area contributed by atoms with Crippen molar-refractivity contribution in [3.05, 3.63) is 17.3 Å². The number of nitrogens with zero attached hydrogens (tertiary/aromatic N) is 1. The highest BCUT2D eigenvalue weighted by Crippen LogP contribution is 2.36. The Balaban J connectivity index is 1.98. The molecule has 1 aromatic rings. The lowest BCUT2D eigenvalue weighted by molar-refractivity contribution is 0.232. The molecule has 0 spiro atoms. The van der Waals surface area contributed by atoms with Crippen molar-refractivity contribution in [2.24, 2.45) is 5.41 Å². The van der Waals surface area contributed by atoms with Gasteiger partial charge in [0, 0.05) is 12.2 Å². The van der Waals surface area contributed by atoms with Crippen LogP contribution in [0.25, 0.3) is 0 Å². The van der Waals surface area contributed by atoms with Crippen LogP contribution in [-0.2, 0) is 0 Å². The molecule has 1 aliphatic carbocycles. The summed E-state index contributed by atoms with van der Waals surface area (Å²) in [6.07, 6.45) is 6.48. The maximum atomic E-state index is 5.88. The van der Waals surface area contributed by atoms with Crippen LogP contribution in [0.5, 0.6) is 0 Å². The molecule has 0 radical (unpaired) electrons. The summed E-state index contributed by atoms with van der Waals surface area (Å²) >= 11 is 5.83. The van der Waals surface area contributed by atoms with Crippen LogP contribution in [0.3, 0.4) is 0 Å². The van der Waals surface area contributed by atoms with Crippen molar-refractivity contribution in [3.63, 3.8) is 0 Å². The van der Waals surface area contributed by atoms with Gasteiger partial charge in [-0.25, -0.2) is 4.98 Å². The first-order chi connectivity index (χ1) is 7.96. The number of halogens is 1. The van der Waals surface area contributed by atoms with E-state index in [-0.39, 0.29) is 0 Å². The number of nitrogen functional groups attached to an aromatic ring is 1. The normalized spacial score (nSPS) is 20.2. The second-order valence-electron chi connectivity index (χ2n) is 5.67. The van der Waals surface area contributed by atoms with Gasteiger partial charge < -0.3 is 11.1 Å². The number of hydrogen-bond acceptors (Lipinski definition) is 3. The molecule has 1 heterocycles. The molecular weight excluding hydrogens is 234 g/mol. The van der Waals surface area contributed by atoms with Crippen molar-refractivity contribution in [3.8, 4) is 0 Å². The third-order valence-corrected chi connectivity index (χ3v) is 3.77. The zero-order valence-corrected chi connectivity index (χ0v) is 11.2. The Morgan fingerprint density at radius 2 is 2.06 bits per heavy atom. The molecule has 94 valence electrons. The fourth-order valence-electron chi connectivity index (χ4n) is 2.31.